The molecule has 154 valence electrons. The van der Waals surface area contributed by atoms with Gasteiger partial charge in [-0.15, -0.1) is 0 Å². The molecule has 2 aromatic carbocycles. The topological polar surface area (TPSA) is 94.2 Å². The van der Waals surface area contributed by atoms with Crippen molar-refractivity contribution < 1.29 is 27.4 Å². The molecule has 0 bridgehead atoms. The summed E-state index contributed by atoms with van der Waals surface area (Å²) >= 11 is 0. The highest BCUT2D eigenvalue weighted by Gasteiger charge is 2.28. The van der Waals surface area contributed by atoms with Crippen LogP contribution in [0.4, 0.5) is 5.69 Å². The number of amides is 1. The van der Waals surface area contributed by atoms with E-state index < -0.39 is 15.9 Å². The number of sulfonamides is 1. The number of anilines is 1. The molecule has 0 aliphatic carbocycles. The quantitative estimate of drug-likeness (QED) is 0.802. The Hall–Kier alpha value is -2.78. The number of hydrogen-bond acceptors (Lipinski definition) is 6. The first-order chi connectivity index (χ1) is 14.0. The molecular weight excluding hydrogens is 396 g/mol. The van der Waals surface area contributed by atoms with Crippen molar-refractivity contribution in [3.05, 3.63) is 42.0 Å². The number of benzene rings is 2. The summed E-state index contributed by atoms with van der Waals surface area (Å²) in [6, 6.07) is 9.37. The lowest BCUT2D eigenvalue weighted by Crippen LogP contribution is -2.28. The predicted octanol–water partition coefficient (Wildman–Crippen LogP) is 2.50. The van der Waals surface area contributed by atoms with Gasteiger partial charge in [-0.3, -0.25) is 4.79 Å². The number of hydrogen-bond donors (Lipinski definition) is 1. The number of carbonyl (C=O) groups is 1. The van der Waals surface area contributed by atoms with Crippen LogP contribution in [0.25, 0.3) is 0 Å². The summed E-state index contributed by atoms with van der Waals surface area (Å²) in [5.74, 6) is 1.05. The summed E-state index contributed by atoms with van der Waals surface area (Å²) in [6.07, 6.45) is 1.70. The lowest BCUT2D eigenvalue weighted by atomic mass is 10.1. The number of rotatable bonds is 5. The van der Waals surface area contributed by atoms with Crippen LogP contribution >= 0.6 is 0 Å². The molecule has 2 aromatic rings. The summed E-state index contributed by atoms with van der Waals surface area (Å²) in [6.45, 7) is 1.90. The second-order valence-corrected chi connectivity index (χ2v) is 8.72. The Labute approximate surface area is 169 Å². The molecule has 0 atom stereocenters. The van der Waals surface area contributed by atoms with Gasteiger partial charge in [0.2, 0.25) is 10.0 Å². The van der Waals surface area contributed by atoms with Gasteiger partial charge in [0.05, 0.1) is 17.7 Å². The average Bonchev–Trinajstić information content (AvgIpc) is 3.29. The minimum Gasteiger partial charge on any atom is -0.495 e. The molecule has 8 nitrogen and oxygen atoms in total. The highest BCUT2D eigenvalue weighted by atomic mass is 32.2. The van der Waals surface area contributed by atoms with E-state index >= 15 is 0 Å². The number of nitrogens with one attached hydrogen (secondary N) is 1. The molecule has 2 aliphatic rings. The third-order valence-corrected chi connectivity index (χ3v) is 6.82. The highest BCUT2D eigenvalue weighted by Crippen LogP contribution is 2.33. The van der Waals surface area contributed by atoms with Crippen molar-refractivity contribution in [1.82, 2.24) is 4.31 Å². The van der Waals surface area contributed by atoms with Crippen LogP contribution < -0.4 is 19.5 Å². The Morgan fingerprint density at radius 1 is 1.03 bits per heavy atom. The second kappa shape index (κ2) is 7.92. The molecule has 0 aromatic heterocycles. The zero-order chi connectivity index (χ0) is 20.4. The fourth-order valence-electron chi connectivity index (χ4n) is 3.40. The van der Waals surface area contributed by atoms with Crippen LogP contribution in [0, 0.1) is 0 Å². The maximum Gasteiger partial charge on any atom is 0.255 e. The Morgan fingerprint density at radius 3 is 2.48 bits per heavy atom. The van der Waals surface area contributed by atoms with Gasteiger partial charge in [-0.1, -0.05) is 0 Å². The third-order valence-electron chi connectivity index (χ3n) is 4.93. The van der Waals surface area contributed by atoms with Gasteiger partial charge < -0.3 is 19.5 Å². The van der Waals surface area contributed by atoms with Crippen molar-refractivity contribution in [2.75, 3.05) is 38.7 Å². The number of fused-ring (bicyclic) bond motifs is 1. The highest BCUT2D eigenvalue weighted by molar-refractivity contribution is 7.89. The summed E-state index contributed by atoms with van der Waals surface area (Å²) in [5.41, 5.74) is 0.650. The smallest absolute Gasteiger partial charge is 0.255 e. The lowest BCUT2D eigenvalue weighted by molar-refractivity contribution is 0.102. The molecule has 1 fully saturated rings. The van der Waals surface area contributed by atoms with E-state index in [1.54, 1.807) is 24.3 Å². The Kier molecular flexibility index (Phi) is 5.33. The molecule has 4 rings (SSSR count). The van der Waals surface area contributed by atoms with Crippen LogP contribution in [0.3, 0.4) is 0 Å². The molecule has 2 heterocycles. The normalized spacial score (nSPS) is 16.4. The van der Waals surface area contributed by atoms with Gasteiger partial charge in [-0.25, -0.2) is 8.42 Å². The molecule has 0 unspecified atom stereocenters. The maximum absolute atomic E-state index is 12.8. The Morgan fingerprint density at radius 2 is 1.76 bits per heavy atom. The number of carbonyl (C=O) groups excluding carboxylic acids is 1. The first-order valence-electron chi connectivity index (χ1n) is 9.38. The van der Waals surface area contributed by atoms with Gasteiger partial charge >= 0.3 is 0 Å². The monoisotopic (exact) mass is 418 g/mol. The molecule has 1 N–H and O–H groups in total. The van der Waals surface area contributed by atoms with Crippen molar-refractivity contribution in [3.63, 3.8) is 0 Å². The van der Waals surface area contributed by atoms with Gasteiger partial charge in [0, 0.05) is 18.7 Å². The van der Waals surface area contributed by atoms with E-state index in [2.05, 4.69) is 5.32 Å². The van der Waals surface area contributed by atoms with E-state index in [0.717, 1.165) is 12.8 Å². The molecular formula is C20H22N2O6S. The van der Waals surface area contributed by atoms with E-state index in [9.17, 15) is 13.2 Å². The zero-order valence-corrected chi connectivity index (χ0v) is 16.8. The van der Waals surface area contributed by atoms with E-state index in [1.807, 2.05) is 0 Å². The van der Waals surface area contributed by atoms with Gasteiger partial charge in [0.15, 0.2) is 11.5 Å². The van der Waals surface area contributed by atoms with E-state index in [-0.39, 0.29) is 10.6 Å². The molecule has 1 amide bonds. The van der Waals surface area contributed by atoms with Crippen LogP contribution in [0.5, 0.6) is 17.2 Å². The van der Waals surface area contributed by atoms with Crippen molar-refractivity contribution >= 4 is 21.6 Å². The fourth-order valence-corrected chi connectivity index (χ4v) is 4.95. The van der Waals surface area contributed by atoms with Crippen molar-refractivity contribution in [2.45, 2.75) is 17.7 Å². The minimum absolute atomic E-state index is 0.123. The molecule has 0 saturated carbocycles. The number of nitrogens with zero attached hydrogens (tertiary/aromatic N) is 1. The Balaban J connectivity index is 1.61. The Bertz CT molecular complexity index is 1030. The van der Waals surface area contributed by atoms with E-state index in [0.29, 0.717) is 49.1 Å². The number of methoxy groups -OCH3 is 1. The standard InChI is InChI=1S/C20H22N2O6S/c1-26-17-7-5-15(29(24,25)22-8-2-3-9-22)13-16(17)21-20(23)14-4-6-18-19(12-14)28-11-10-27-18/h4-7,12-13H,2-3,8-11H2,1H3,(H,21,23). The zero-order valence-electron chi connectivity index (χ0n) is 16.0. The van der Waals surface area contributed by atoms with Crippen molar-refractivity contribution in [1.29, 1.82) is 0 Å². The molecule has 0 spiro atoms. The summed E-state index contributed by atoms with van der Waals surface area (Å²) < 4.78 is 43.4. The van der Waals surface area contributed by atoms with Crippen molar-refractivity contribution in [2.24, 2.45) is 0 Å². The second-order valence-electron chi connectivity index (χ2n) is 6.79. The van der Waals surface area contributed by atoms with Crippen LogP contribution in [0.15, 0.2) is 41.3 Å². The SMILES string of the molecule is COc1ccc(S(=O)(=O)N2CCCC2)cc1NC(=O)c1ccc2c(c1)OCCO2. The van der Waals surface area contributed by atoms with Crippen LogP contribution in [-0.2, 0) is 10.0 Å². The van der Waals surface area contributed by atoms with Crippen molar-refractivity contribution in [3.8, 4) is 17.2 Å². The molecule has 9 heteroatoms. The van der Waals surface area contributed by atoms with Gasteiger partial charge in [0.1, 0.15) is 19.0 Å². The lowest BCUT2D eigenvalue weighted by Gasteiger charge is -2.19. The van der Waals surface area contributed by atoms with E-state index in [1.165, 1.54) is 23.5 Å². The first kappa shape index (κ1) is 19.5. The predicted molar refractivity (Wildman–Crippen MR) is 106 cm³/mol. The van der Waals surface area contributed by atoms with Crippen LogP contribution in [0.2, 0.25) is 0 Å². The summed E-state index contributed by atoms with van der Waals surface area (Å²) in [4.78, 5) is 12.9. The average molecular weight is 418 g/mol. The minimum atomic E-state index is -3.61. The van der Waals surface area contributed by atoms with E-state index in [4.69, 9.17) is 14.2 Å². The summed E-state index contributed by atoms with van der Waals surface area (Å²) in [7, 11) is -2.15. The number of ether oxygens (including phenoxy) is 3. The third kappa shape index (κ3) is 3.88. The maximum atomic E-state index is 12.8. The molecule has 1 saturated heterocycles. The van der Waals surface area contributed by atoms with Crippen LogP contribution in [0.1, 0.15) is 23.2 Å². The van der Waals surface area contributed by atoms with Gasteiger partial charge in [-0.05, 0) is 49.2 Å². The first-order valence-corrected chi connectivity index (χ1v) is 10.8. The van der Waals surface area contributed by atoms with Gasteiger partial charge in [-0.2, -0.15) is 4.31 Å². The van der Waals surface area contributed by atoms with Gasteiger partial charge in [0.25, 0.3) is 5.91 Å². The molecule has 0 radical (unpaired) electrons. The van der Waals surface area contributed by atoms with Crippen LogP contribution in [-0.4, -0.2) is 52.0 Å². The largest absolute Gasteiger partial charge is 0.495 e. The fraction of sp³-hybridized carbons (Fsp3) is 0.350. The molecule has 2 aliphatic heterocycles. The summed E-state index contributed by atoms with van der Waals surface area (Å²) in [5, 5.41) is 2.74. The molecule has 29 heavy (non-hydrogen) atoms.